The zero-order valence-electron chi connectivity index (χ0n) is 16.5. The van der Waals surface area contributed by atoms with Crippen LogP contribution in [0.15, 0.2) is 66.9 Å². The molecule has 0 atom stereocenters. The summed E-state index contributed by atoms with van der Waals surface area (Å²) in [5.74, 6) is 1.73. The van der Waals surface area contributed by atoms with E-state index in [2.05, 4.69) is 30.8 Å². The molecule has 0 unspecified atom stereocenters. The molecule has 31 heavy (non-hydrogen) atoms. The molecule has 0 aliphatic heterocycles. The van der Waals surface area contributed by atoms with Crippen molar-refractivity contribution >= 4 is 23.1 Å². The number of nitrogens with zero attached hydrogens (tertiary/aromatic N) is 3. The number of carbonyl (C=O) groups is 1. The molecule has 5 rings (SSSR count). The second-order valence-corrected chi connectivity index (χ2v) is 7.38. The molecule has 2 aromatic carbocycles. The molecule has 0 bridgehead atoms. The second-order valence-electron chi connectivity index (χ2n) is 7.38. The number of amides is 1. The lowest BCUT2D eigenvalue weighted by molar-refractivity contribution is 0.102. The monoisotopic (exact) mass is 414 g/mol. The number of halogens is 1. The molecule has 4 aromatic rings. The Labute approximate surface area is 177 Å². The fraction of sp³-hybridized carbons (Fsp3) is 0.130. The first-order chi connectivity index (χ1) is 15.2. The number of aromatic amines is 1. The molecule has 0 saturated heterocycles. The molecule has 0 radical (unpaired) electrons. The summed E-state index contributed by atoms with van der Waals surface area (Å²) < 4.78 is 13.5. The van der Waals surface area contributed by atoms with Gasteiger partial charge in [0.25, 0.3) is 5.91 Å². The maximum Gasteiger partial charge on any atom is 0.259 e. The minimum absolute atomic E-state index is 0.325. The molecule has 8 heteroatoms. The van der Waals surface area contributed by atoms with Gasteiger partial charge in [-0.05, 0) is 67.4 Å². The van der Waals surface area contributed by atoms with Crippen LogP contribution in [0.25, 0.3) is 11.4 Å². The largest absolute Gasteiger partial charge is 0.339 e. The number of pyridine rings is 1. The minimum Gasteiger partial charge on any atom is -0.339 e. The second kappa shape index (κ2) is 7.98. The SMILES string of the molecule is O=C(Nc1ccc(-c2n[nH]c(C3CC3)n2)cc1)c1cccnc1Nc1cccc(F)c1. The van der Waals surface area contributed by atoms with Crippen molar-refractivity contribution in [1.29, 1.82) is 0 Å². The minimum atomic E-state index is -0.373. The highest BCUT2D eigenvalue weighted by atomic mass is 19.1. The molecule has 3 N–H and O–H groups in total. The average Bonchev–Trinajstić information content (AvgIpc) is 3.51. The van der Waals surface area contributed by atoms with Crippen molar-refractivity contribution < 1.29 is 9.18 Å². The third-order valence-corrected chi connectivity index (χ3v) is 5.01. The Morgan fingerprint density at radius 2 is 1.87 bits per heavy atom. The van der Waals surface area contributed by atoms with E-state index in [9.17, 15) is 9.18 Å². The molecule has 1 fully saturated rings. The van der Waals surface area contributed by atoms with Crippen LogP contribution in [-0.4, -0.2) is 26.1 Å². The molecule has 1 saturated carbocycles. The van der Waals surface area contributed by atoms with Crippen LogP contribution < -0.4 is 10.6 Å². The molecule has 1 aliphatic carbocycles. The van der Waals surface area contributed by atoms with Gasteiger partial charge in [-0.3, -0.25) is 9.89 Å². The molecule has 0 spiro atoms. The van der Waals surface area contributed by atoms with Gasteiger partial charge in [0.1, 0.15) is 17.5 Å². The average molecular weight is 414 g/mol. The van der Waals surface area contributed by atoms with Crippen LogP contribution >= 0.6 is 0 Å². The van der Waals surface area contributed by atoms with Crippen LogP contribution in [-0.2, 0) is 0 Å². The van der Waals surface area contributed by atoms with Gasteiger partial charge < -0.3 is 10.6 Å². The molecular weight excluding hydrogens is 395 g/mol. The van der Waals surface area contributed by atoms with Gasteiger partial charge in [-0.2, -0.15) is 5.10 Å². The normalized spacial score (nSPS) is 13.1. The lowest BCUT2D eigenvalue weighted by atomic mass is 10.2. The van der Waals surface area contributed by atoms with Gasteiger partial charge in [-0.25, -0.2) is 14.4 Å². The maximum atomic E-state index is 13.5. The summed E-state index contributed by atoms with van der Waals surface area (Å²) in [5, 5.41) is 13.1. The van der Waals surface area contributed by atoms with E-state index < -0.39 is 0 Å². The third-order valence-electron chi connectivity index (χ3n) is 5.01. The first-order valence-corrected chi connectivity index (χ1v) is 9.97. The summed E-state index contributed by atoms with van der Waals surface area (Å²) >= 11 is 0. The first-order valence-electron chi connectivity index (χ1n) is 9.97. The zero-order chi connectivity index (χ0) is 21.2. The van der Waals surface area contributed by atoms with Crippen molar-refractivity contribution in [2.24, 2.45) is 0 Å². The number of carbonyl (C=O) groups excluding carboxylic acids is 1. The molecule has 1 amide bonds. The molecule has 2 heterocycles. The van der Waals surface area contributed by atoms with Gasteiger partial charge in [0, 0.05) is 29.1 Å². The van der Waals surface area contributed by atoms with Crippen LogP contribution in [0.4, 0.5) is 21.6 Å². The topological polar surface area (TPSA) is 95.6 Å². The maximum absolute atomic E-state index is 13.5. The first kappa shape index (κ1) is 18.9. The molecular formula is C23H19FN6O. The highest BCUT2D eigenvalue weighted by Crippen LogP contribution is 2.38. The number of hydrogen-bond acceptors (Lipinski definition) is 5. The summed E-state index contributed by atoms with van der Waals surface area (Å²) in [6.45, 7) is 0. The summed E-state index contributed by atoms with van der Waals surface area (Å²) in [5.41, 5.74) is 2.36. The number of hydrogen-bond donors (Lipinski definition) is 3. The number of rotatable bonds is 6. The summed E-state index contributed by atoms with van der Waals surface area (Å²) in [6.07, 6.45) is 3.88. The van der Waals surface area contributed by atoms with Crippen molar-refractivity contribution in [2.45, 2.75) is 18.8 Å². The number of H-pyrrole nitrogens is 1. The Bertz CT molecular complexity index is 1230. The van der Waals surface area contributed by atoms with E-state index in [1.54, 1.807) is 42.6 Å². The van der Waals surface area contributed by atoms with E-state index in [0.29, 0.717) is 34.5 Å². The number of nitrogens with one attached hydrogen (secondary N) is 3. The van der Waals surface area contributed by atoms with Gasteiger partial charge in [-0.1, -0.05) is 6.07 Å². The Morgan fingerprint density at radius 3 is 2.65 bits per heavy atom. The number of anilines is 3. The Kier molecular flexibility index (Phi) is 4.87. The van der Waals surface area contributed by atoms with E-state index >= 15 is 0 Å². The van der Waals surface area contributed by atoms with E-state index in [1.807, 2.05) is 12.1 Å². The van der Waals surface area contributed by atoms with Gasteiger partial charge in [-0.15, -0.1) is 0 Å². The van der Waals surface area contributed by atoms with Gasteiger partial charge >= 0.3 is 0 Å². The lowest BCUT2D eigenvalue weighted by Crippen LogP contribution is -2.14. The van der Waals surface area contributed by atoms with Gasteiger partial charge in [0.05, 0.1) is 5.56 Å². The van der Waals surface area contributed by atoms with E-state index in [1.165, 1.54) is 12.1 Å². The highest BCUT2D eigenvalue weighted by molar-refractivity contribution is 6.07. The van der Waals surface area contributed by atoms with E-state index in [4.69, 9.17) is 0 Å². The number of benzene rings is 2. The summed E-state index contributed by atoms with van der Waals surface area (Å²) in [7, 11) is 0. The van der Waals surface area contributed by atoms with E-state index in [0.717, 1.165) is 24.2 Å². The van der Waals surface area contributed by atoms with Crippen molar-refractivity contribution in [3.05, 3.63) is 84.1 Å². The van der Waals surface area contributed by atoms with Crippen molar-refractivity contribution in [2.75, 3.05) is 10.6 Å². The smallest absolute Gasteiger partial charge is 0.259 e. The van der Waals surface area contributed by atoms with Gasteiger partial charge in [0.2, 0.25) is 0 Å². The standard InChI is InChI=1S/C23H19FN6O/c24-16-3-1-4-18(13-16)26-22-19(5-2-12-25-22)23(31)27-17-10-8-15(9-11-17)21-28-20(29-30-21)14-6-7-14/h1-5,8-14H,6-7H2,(H,25,26)(H,27,31)(H,28,29,30). The molecule has 1 aliphatic rings. The van der Waals surface area contributed by atoms with Crippen molar-refractivity contribution in [3.8, 4) is 11.4 Å². The Morgan fingerprint density at radius 1 is 1.03 bits per heavy atom. The fourth-order valence-corrected chi connectivity index (χ4v) is 3.23. The lowest BCUT2D eigenvalue weighted by Gasteiger charge is -2.11. The molecule has 2 aromatic heterocycles. The predicted molar refractivity (Wildman–Crippen MR) is 116 cm³/mol. The van der Waals surface area contributed by atoms with Gasteiger partial charge in [0.15, 0.2) is 5.82 Å². The van der Waals surface area contributed by atoms with Crippen LogP contribution in [0, 0.1) is 5.82 Å². The Hall–Kier alpha value is -4.07. The molecule has 7 nitrogen and oxygen atoms in total. The summed E-state index contributed by atoms with van der Waals surface area (Å²) in [4.78, 5) is 21.6. The van der Waals surface area contributed by atoms with Crippen LogP contribution in [0.2, 0.25) is 0 Å². The zero-order valence-corrected chi connectivity index (χ0v) is 16.5. The predicted octanol–water partition coefficient (Wildman–Crippen LogP) is 4.88. The van der Waals surface area contributed by atoms with E-state index in [-0.39, 0.29) is 11.7 Å². The summed E-state index contributed by atoms with van der Waals surface area (Å²) in [6, 6.07) is 16.7. The highest BCUT2D eigenvalue weighted by Gasteiger charge is 2.27. The molecule has 154 valence electrons. The third kappa shape index (κ3) is 4.28. The quantitative estimate of drug-likeness (QED) is 0.418. The van der Waals surface area contributed by atoms with Crippen LogP contribution in [0.5, 0.6) is 0 Å². The van der Waals surface area contributed by atoms with Crippen molar-refractivity contribution in [1.82, 2.24) is 20.2 Å². The van der Waals surface area contributed by atoms with Crippen molar-refractivity contribution in [3.63, 3.8) is 0 Å². The van der Waals surface area contributed by atoms with Crippen LogP contribution in [0.1, 0.15) is 34.9 Å². The van der Waals surface area contributed by atoms with Crippen LogP contribution in [0.3, 0.4) is 0 Å². The Balaban J connectivity index is 1.31. The fourth-order valence-electron chi connectivity index (χ4n) is 3.23. The number of aromatic nitrogens is 4.